The van der Waals surface area contributed by atoms with Crippen LogP contribution in [0.3, 0.4) is 0 Å². The molecule has 2 aromatic rings. The van der Waals surface area contributed by atoms with Crippen molar-refractivity contribution in [2.45, 2.75) is 39.3 Å². The predicted molar refractivity (Wildman–Crippen MR) is 95.4 cm³/mol. The van der Waals surface area contributed by atoms with Crippen molar-refractivity contribution in [3.8, 4) is 11.5 Å². The lowest BCUT2D eigenvalue weighted by Crippen LogP contribution is -2.38. The molecular formula is C20H25NO3. The van der Waals surface area contributed by atoms with Gasteiger partial charge in [0.05, 0.1) is 13.2 Å². The molecular weight excluding hydrogens is 302 g/mol. The van der Waals surface area contributed by atoms with Gasteiger partial charge < -0.3 is 14.8 Å². The fourth-order valence-corrected chi connectivity index (χ4v) is 2.48. The summed E-state index contributed by atoms with van der Waals surface area (Å²) >= 11 is 0. The van der Waals surface area contributed by atoms with Crippen molar-refractivity contribution in [1.82, 2.24) is 5.32 Å². The Kier molecular flexibility index (Phi) is 6.24. The Morgan fingerprint density at radius 2 is 1.79 bits per heavy atom. The molecule has 0 aliphatic rings. The summed E-state index contributed by atoms with van der Waals surface area (Å²) in [6.07, 6.45) is 0.244. The van der Waals surface area contributed by atoms with Crippen LogP contribution in [0.4, 0.5) is 0 Å². The Hall–Kier alpha value is -2.49. The van der Waals surface area contributed by atoms with E-state index in [1.54, 1.807) is 14.0 Å². The van der Waals surface area contributed by atoms with Crippen LogP contribution in [-0.2, 0) is 4.79 Å². The van der Waals surface area contributed by atoms with Crippen molar-refractivity contribution < 1.29 is 14.3 Å². The number of hydrogen-bond donors (Lipinski definition) is 1. The molecule has 1 N–H and O–H groups in total. The second kappa shape index (κ2) is 8.39. The van der Waals surface area contributed by atoms with Gasteiger partial charge >= 0.3 is 0 Å². The molecule has 0 aliphatic carbocycles. The molecule has 24 heavy (non-hydrogen) atoms. The SMILES string of the molecule is CC[C@@H](NC(=O)[C@@H](C)Oc1ccccc1C)c1ccc(OC)cc1. The standard InChI is InChI=1S/C20H25NO3/c1-5-18(16-10-12-17(23-4)13-11-16)21-20(22)15(3)24-19-9-7-6-8-14(19)2/h6-13,15,18H,5H2,1-4H3,(H,21,22)/t15-,18-/m1/s1. The lowest BCUT2D eigenvalue weighted by Gasteiger charge is -2.21. The van der Waals surface area contributed by atoms with Crippen molar-refractivity contribution in [2.24, 2.45) is 0 Å². The van der Waals surface area contributed by atoms with E-state index in [0.717, 1.165) is 29.0 Å². The predicted octanol–water partition coefficient (Wildman–Crippen LogP) is 4.04. The van der Waals surface area contributed by atoms with Gasteiger partial charge in [-0.3, -0.25) is 4.79 Å². The van der Waals surface area contributed by atoms with E-state index in [2.05, 4.69) is 5.32 Å². The maximum atomic E-state index is 12.5. The minimum absolute atomic E-state index is 0.0497. The van der Waals surface area contributed by atoms with E-state index >= 15 is 0 Å². The minimum atomic E-state index is -0.557. The van der Waals surface area contributed by atoms with Gasteiger partial charge in [0, 0.05) is 0 Å². The molecule has 0 fully saturated rings. The van der Waals surface area contributed by atoms with E-state index in [1.807, 2.05) is 62.4 Å². The summed E-state index contributed by atoms with van der Waals surface area (Å²) in [5.41, 5.74) is 2.06. The Morgan fingerprint density at radius 3 is 2.38 bits per heavy atom. The van der Waals surface area contributed by atoms with E-state index in [4.69, 9.17) is 9.47 Å². The van der Waals surface area contributed by atoms with Crippen LogP contribution in [0.25, 0.3) is 0 Å². The fraction of sp³-hybridized carbons (Fsp3) is 0.350. The molecule has 4 nitrogen and oxygen atoms in total. The normalized spacial score (nSPS) is 13.0. The number of carbonyl (C=O) groups excluding carboxylic acids is 1. The summed E-state index contributed by atoms with van der Waals surface area (Å²) in [4.78, 5) is 12.5. The van der Waals surface area contributed by atoms with E-state index in [-0.39, 0.29) is 11.9 Å². The van der Waals surface area contributed by atoms with Crippen molar-refractivity contribution in [3.05, 3.63) is 59.7 Å². The Morgan fingerprint density at radius 1 is 1.12 bits per heavy atom. The van der Waals surface area contributed by atoms with Crippen LogP contribution in [0, 0.1) is 6.92 Å². The highest BCUT2D eigenvalue weighted by atomic mass is 16.5. The van der Waals surface area contributed by atoms with Gasteiger partial charge in [-0.25, -0.2) is 0 Å². The first-order chi connectivity index (χ1) is 11.5. The van der Waals surface area contributed by atoms with Crippen LogP contribution >= 0.6 is 0 Å². The molecule has 0 bridgehead atoms. The molecule has 2 atom stereocenters. The second-order valence-electron chi connectivity index (χ2n) is 5.77. The molecule has 0 spiro atoms. The van der Waals surface area contributed by atoms with Crippen LogP contribution in [0.1, 0.15) is 37.4 Å². The molecule has 1 amide bonds. The molecule has 0 aliphatic heterocycles. The monoisotopic (exact) mass is 327 g/mol. The summed E-state index contributed by atoms with van der Waals surface area (Å²) in [7, 11) is 1.64. The zero-order valence-corrected chi connectivity index (χ0v) is 14.7. The van der Waals surface area contributed by atoms with Gasteiger partial charge in [-0.15, -0.1) is 0 Å². The maximum Gasteiger partial charge on any atom is 0.261 e. The largest absolute Gasteiger partial charge is 0.497 e. The Bertz CT molecular complexity index is 667. The summed E-state index contributed by atoms with van der Waals surface area (Å²) < 4.78 is 11.0. The van der Waals surface area contributed by atoms with E-state index < -0.39 is 6.10 Å². The number of ether oxygens (including phenoxy) is 2. The van der Waals surface area contributed by atoms with Crippen molar-refractivity contribution in [1.29, 1.82) is 0 Å². The minimum Gasteiger partial charge on any atom is -0.497 e. The first-order valence-corrected chi connectivity index (χ1v) is 8.21. The molecule has 128 valence electrons. The number of benzene rings is 2. The Balaban J connectivity index is 2.01. The van der Waals surface area contributed by atoms with Crippen molar-refractivity contribution >= 4 is 5.91 Å². The summed E-state index contributed by atoms with van der Waals surface area (Å²) in [6.45, 7) is 5.77. The van der Waals surface area contributed by atoms with Gasteiger partial charge in [0.1, 0.15) is 11.5 Å². The van der Waals surface area contributed by atoms with Crippen LogP contribution in [0.2, 0.25) is 0 Å². The topological polar surface area (TPSA) is 47.6 Å². The summed E-state index contributed by atoms with van der Waals surface area (Å²) in [5.74, 6) is 1.41. The fourth-order valence-electron chi connectivity index (χ4n) is 2.48. The van der Waals surface area contributed by atoms with E-state index in [0.29, 0.717) is 0 Å². The first-order valence-electron chi connectivity index (χ1n) is 8.21. The first kappa shape index (κ1) is 17.9. The zero-order chi connectivity index (χ0) is 17.5. The second-order valence-corrected chi connectivity index (χ2v) is 5.77. The van der Waals surface area contributed by atoms with Gasteiger partial charge in [0.2, 0.25) is 0 Å². The van der Waals surface area contributed by atoms with E-state index in [9.17, 15) is 4.79 Å². The third kappa shape index (κ3) is 4.51. The van der Waals surface area contributed by atoms with E-state index in [1.165, 1.54) is 0 Å². The van der Waals surface area contributed by atoms with Crippen LogP contribution in [0.15, 0.2) is 48.5 Å². The highest BCUT2D eigenvalue weighted by molar-refractivity contribution is 5.81. The molecule has 2 rings (SSSR count). The molecule has 0 heterocycles. The maximum absolute atomic E-state index is 12.5. The quantitative estimate of drug-likeness (QED) is 0.835. The van der Waals surface area contributed by atoms with Crippen LogP contribution in [0.5, 0.6) is 11.5 Å². The van der Waals surface area contributed by atoms with Gasteiger partial charge in [0.25, 0.3) is 5.91 Å². The number of nitrogens with one attached hydrogen (secondary N) is 1. The summed E-state index contributed by atoms with van der Waals surface area (Å²) in [6, 6.07) is 15.4. The highest BCUT2D eigenvalue weighted by Gasteiger charge is 2.19. The molecule has 0 radical (unpaired) electrons. The van der Waals surface area contributed by atoms with Gasteiger partial charge in [-0.05, 0) is 49.6 Å². The molecule has 0 unspecified atom stereocenters. The van der Waals surface area contributed by atoms with Gasteiger partial charge in [-0.2, -0.15) is 0 Å². The molecule has 0 saturated heterocycles. The number of rotatable bonds is 7. The van der Waals surface area contributed by atoms with Gasteiger partial charge in [-0.1, -0.05) is 37.3 Å². The smallest absolute Gasteiger partial charge is 0.261 e. The third-order valence-electron chi connectivity index (χ3n) is 4.01. The molecule has 0 aromatic heterocycles. The number of hydrogen-bond acceptors (Lipinski definition) is 3. The molecule has 4 heteroatoms. The average molecular weight is 327 g/mol. The average Bonchev–Trinajstić information content (AvgIpc) is 2.61. The number of amides is 1. The summed E-state index contributed by atoms with van der Waals surface area (Å²) in [5, 5.41) is 3.06. The number of methoxy groups -OCH3 is 1. The lowest BCUT2D eigenvalue weighted by atomic mass is 10.0. The lowest BCUT2D eigenvalue weighted by molar-refractivity contribution is -0.128. The Labute approximate surface area is 143 Å². The molecule has 2 aromatic carbocycles. The van der Waals surface area contributed by atoms with Crippen LogP contribution < -0.4 is 14.8 Å². The third-order valence-corrected chi connectivity index (χ3v) is 4.01. The van der Waals surface area contributed by atoms with Crippen LogP contribution in [-0.4, -0.2) is 19.1 Å². The number of carbonyl (C=O) groups is 1. The van der Waals surface area contributed by atoms with Crippen molar-refractivity contribution in [3.63, 3.8) is 0 Å². The number of para-hydroxylation sites is 1. The number of aryl methyl sites for hydroxylation is 1. The zero-order valence-electron chi connectivity index (χ0n) is 14.7. The highest BCUT2D eigenvalue weighted by Crippen LogP contribution is 2.21. The molecule has 0 saturated carbocycles. The van der Waals surface area contributed by atoms with Gasteiger partial charge in [0.15, 0.2) is 6.10 Å². The van der Waals surface area contributed by atoms with Crippen molar-refractivity contribution in [2.75, 3.05) is 7.11 Å².